The Morgan fingerprint density at radius 2 is 1.77 bits per heavy atom. The second-order valence-corrected chi connectivity index (χ2v) is 9.02. The van der Waals surface area contributed by atoms with E-state index in [4.69, 9.17) is 18.6 Å². The minimum Gasteiger partial charge on any atom is -0.497 e. The summed E-state index contributed by atoms with van der Waals surface area (Å²) >= 11 is 0. The van der Waals surface area contributed by atoms with Gasteiger partial charge in [0, 0.05) is 11.8 Å². The number of carbonyl (C=O) groups excluding carboxylic acids is 2. The number of carbonyl (C=O) groups is 2. The van der Waals surface area contributed by atoms with Gasteiger partial charge in [0.25, 0.3) is 5.91 Å². The van der Waals surface area contributed by atoms with E-state index in [2.05, 4.69) is 5.32 Å². The maximum atomic E-state index is 13.8. The van der Waals surface area contributed by atoms with E-state index in [1.54, 1.807) is 68.0 Å². The molecule has 0 saturated carbocycles. The van der Waals surface area contributed by atoms with E-state index in [0.29, 0.717) is 34.3 Å². The van der Waals surface area contributed by atoms with Crippen molar-refractivity contribution in [1.82, 2.24) is 4.90 Å². The van der Waals surface area contributed by atoms with Crippen LogP contribution in [0, 0.1) is 6.92 Å². The summed E-state index contributed by atoms with van der Waals surface area (Å²) < 4.78 is 21.6. The highest BCUT2D eigenvalue weighted by Crippen LogP contribution is 2.33. The average molecular weight is 525 g/mol. The molecule has 1 aliphatic rings. The molecular formula is C31H28N2O6. The number of furan rings is 1. The van der Waals surface area contributed by atoms with E-state index < -0.39 is 6.04 Å². The Morgan fingerprint density at radius 3 is 2.49 bits per heavy atom. The molecule has 4 aromatic rings. The van der Waals surface area contributed by atoms with Crippen LogP contribution in [-0.2, 0) is 16.1 Å². The zero-order chi connectivity index (χ0) is 27.2. The topological polar surface area (TPSA) is 90.2 Å². The molecule has 1 aromatic heterocycles. The number of ether oxygens (including phenoxy) is 3. The SMILES string of the molecule is COc1ccc(NC(=O)C(c2ccc(C)cc2)N(Cc2ccco2)C(=O)C=Cc2ccc3c(c2)OCO3)cc1. The van der Waals surface area contributed by atoms with Crippen LogP contribution in [0.2, 0.25) is 0 Å². The summed E-state index contributed by atoms with van der Waals surface area (Å²) in [6.45, 7) is 2.22. The molecule has 0 spiro atoms. The number of nitrogens with one attached hydrogen (secondary N) is 1. The van der Waals surface area contributed by atoms with Crippen LogP contribution in [0.25, 0.3) is 6.08 Å². The predicted octanol–water partition coefficient (Wildman–Crippen LogP) is 5.75. The number of amides is 2. The van der Waals surface area contributed by atoms with Gasteiger partial charge in [0.1, 0.15) is 17.6 Å². The van der Waals surface area contributed by atoms with Crippen molar-refractivity contribution in [3.63, 3.8) is 0 Å². The van der Waals surface area contributed by atoms with E-state index >= 15 is 0 Å². The van der Waals surface area contributed by atoms with Crippen molar-refractivity contribution in [3.05, 3.63) is 114 Å². The van der Waals surface area contributed by atoms with E-state index in [9.17, 15) is 9.59 Å². The number of hydrogen-bond donors (Lipinski definition) is 1. The zero-order valence-corrected chi connectivity index (χ0v) is 21.6. The summed E-state index contributed by atoms with van der Waals surface area (Å²) in [5.74, 6) is 1.78. The van der Waals surface area contributed by atoms with Gasteiger partial charge in [0.2, 0.25) is 12.7 Å². The Bertz CT molecular complexity index is 1460. The van der Waals surface area contributed by atoms with Crippen molar-refractivity contribution < 1.29 is 28.2 Å². The fraction of sp³-hybridized carbons (Fsp3) is 0.161. The molecule has 1 aliphatic heterocycles. The van der Waals surface area contributed by atoms with E-state index in [1.807, 2.05) is 37.3 Å². The second-order valence-electron chi connectivity index (χ2n) is 9.02. The fourth-order valence-electron chi connectivity index (χ4n) is 4.25. The first kappa shape index (κ1) is 25.7. The first-order valence-corrected chi connectivity index (χ1v) is 12.4. The lowest BCUT2D eigenvalue weighted by molar-refractivity contribution is -0.136. The Kier molecular flexibility index (Phi) is 7.63. The molecular weight excluding hydrogens is 496 g/mol. The van der Waals surface area contributed by atoms with Crippen molar-refractivity contribution in [2.75, 3.05) is 19.2 Å². The normalized spacial score (nSPS) is 12.8. The van der Waals surface area contributed by atoms with E-state index in [-0.39, 0.29) is 25.2 Å². The summed E-state index contributed by atoms with van der Waals surface area (Å²) in [4.78, 5) is 29.0. The third-order valence-electron chi connectivity index (χ3n) is 6.32. The summed E-state index contributed by atoms with van der Waals surface area (Å²) in [7, 11) is 1.58. The highest BCUT2D eigenvalue weighted by atomic mass is 16.7. The Hall–Kier alpha value is -4.98. The molecule has 2 amide bonds. The molecule has 0 saturated heterocycles. The summed E-state index contributed by atoms with van der Waals surface area (Å²) in [6, 6.07) is 22.6. The number of hydrogen-bond acceptors (Lipinski definition) is 6. The fourth-order valence-corrected chi connectivity index (χ4v) is 4.25. The molecule has 198 valence electrons. The monoisotopic (exact) mass is 524 g/mol. The molecule has 2 heterocycles. The van der Waals surface area contributed by atoms with Gasteiger partial charge in [0.15, 0.2) is 11.5 Å². The van der Waals surface area contributed by atoms with Crippen LogP contribution in [0.5, 0.6) is 17.2 Å². The lowest BCUT2D eigenvalue weighted by atomic mass is 10.0. The van der Waals surface area contributed by atoms with Crippen molar-refractivity contribution in [3.8, 4) is 17.2 Å². The predicted molar refractivity (Wildman–Crippen MR) is 146 cm³/mol. The first-order chi connectivity index (χ1) is 19.0. The van der Waals surface area contributed by atoms with Crippen LogP contribution in [0.4, 0.5) is 5.69 Å². The molecule has 8 nitrogen and oxygen atoms in total. The lowest BCUT2D eigenvalue weighted by Gasteiger charge is -2.30. The molecule has 1 unspecified atom stereocenters. The number of anilines is 1. The van der Waals surface area contributed by atoms with Gasteiger partial charge in [-0.05, 0) is 72.7 Å². The van der Waals surface area contributed by atoms with Crippen LogP contribution in [0.3, 0.4) is 0 Å². The molecule has 5 rings (SSSR count). The van der Waals surface area contributed by atoms with Gasteiger partial charge in [0.05, 0.1) is 19.9 Å². The second kappa shape index (κ2) is 11.6. The summed E-state index contributed by atoms with van der Waals surface area (Å²) in [6.07, 6.45) is 4.67. The van der Waals surface area contributed by atoms with Crippen molar-refractivity contribution in [1.29, 1.82) is 0 Å². The highest BCUT2D eigenvalue weighted by molar-refractivity contribution is 6.00. The molecule has 8 heteroatoms. The molecule has 1 N–H and O–H groups in total. The molecule has 1 atom stereocenters. The number of nitrogens with zero attached hydrogens (tertiary/aromatic N) is 1. The maximum absolute atomic E-state index is 13.8. The van der Waals surface area contributed by atoms with Gasteiger partial charge in [-0.25, -0.2) is 0 Å². The van der Waals surface area contributed by atoms with Gasteiger partial charge in [-0.3, -0.25) is 9.59 Å². The average Bonchev–Trinajstić information content (AvgIpc) is 3.64. The van der Waals surface area contributed by atoms with Gasteiger partial charge < -0.3 is 28.8 Å². The number of fused-ring (bicyclic) bond motifs is 1. The number of benzene rings is 3. The standard InChI is InChI=1S/C31H28N2O6/c1-21-5-9-23(10-6-21)30(31(35)32-24-11-13-25(36-2)14-12-24)33(19-26-4-3-17-37-26)29(34)16-8-22-7-15-27-28(18-22)39-20-38-27/h3-18,30H,19-20H2,1-2H3,(H,32,35). The van der Waals surface area contributed by atoms with Gasteiger partial charge in [-0.1, -0.05) is 35.9 Å². The van der Waals surface area contributed by atoms with Crippen LogP contribution in [-0.4, -0.2) is 30.6 Å². The van der Waals surface area contributed by atoms with Gasteiger partial charge in [-0.15, -0.1) is 0 Å². The Balaban J connectivity index is 1.48. The highest BCUT2D eigenvalue weighted by Gasteiger charge is 2.31. The lowest BCUT2D eigenvalue weighted by Crippen LogP contribution is -2.40. The van der Waals surface area contributed by atoms with Crippen LogP contribution >= 0.6 is 0 Å². The van der Waals surface area contributed by atoms with Crippen molar-refractivity contribution in [2.45, 2.75) is 19.5 Å². The zero-order valence-electron chi connectivity index (χ0n) is 21.6. The van der Waals surface area contributed by atoms with Gasteiger partial charge >= 0.3 is 0 Å². The minimum absolute atomic E-state index is 0.0892. The molecule has 3 aromatic carbocycles. The molecule has 0 radical (unpaired) electrons. The first-order valence-electron chi connectivity index (χ1n) is 12.4. The summed E-state index contributed by atoms with van der Waals surface area (Å²) in [5, 5.41) is 2.95. The van der Waals surface area contributed by atoms with Crippen LogP contribution in [0.15, 0.2) is 95.6 Å². The van der Waals surface area contributed by atoms with Gasteiger partial charge in [-0.2, -0.15) is 0 Å². The number of rotatable bonds is 9. The molecule has 0 aliphatic carbocycles. The molecule has 0 bridgehead atoms. The van der Waals surface area contributed by atoms with E-state index in [1.165, 1.54) is 11.0 Å². The number of aryl methyl sites for hydroxylation is 1. The Labute approximate surface area is 226 Å². The molecule has 39 heavy (non-hydrogen) atoms. The quantitative estimate of drug-likeness (QED) is 0.281. The maximum Gasteiger partial charge on any atom is 0.251 e. The van der Waals surface area contributed by atoms with Crippen LogP contribution < -0.4 is 19.5 Å². The van der Waals surface area contributed by atoms with E-state index in [0.717, 1.165) is 11.1 Å². The van der Waals surface area contributed by atoms with Crippen molar-refractivity contribution >= 4 is 23.6 Å². The van der Waals surface area contributed by atoms with Crippen LogP contribution in [0.1, 0.15) is 28.5 Å². The van der Waals surface area contributed by atoms with Crippen molar-refractivity contribution in [2.24, 2.45) is 0 Å². The smallest absolute Gasteiger partial charge is 0.251 e. The largest absolute Gasteiger partial charge is 0.497 e. The Morgan fingerprint density at radius 1 is 1.00 bits per heavy atom. The third kappa shape index (κ3) is 6.13. The third-order valence-corrected chi connectivity index (χ3v) is 6.32. The molecule has 0 fully saturated rings. The number of methoxy groups -OCH3 is 1. The minimum atomic E-state index is -0.938. The summed E-state index contributed by atoms with van der Waals surface area (Å²) in [5.41, 5.74) is 3.06.